The number of nitrogens with two attached hydrogens (primary N) is 1. The predicted octanol–water partition coefficient (Wildman–Crippen LogP) is 3.55. The molecule has 4 nitrogen and oxygen atoms in total. The molecule has 6 heteroatoms. The van der Waals surface area contributed by atoms with Crippen LogP contribution in [0.25, 0.3) is 0 Å². The number of fused-ring (bicyclic) bond motifs is 3. The molecule has 0 aromatic heterocycles. The molecule has 0 spiro atoms. The standard InChI is InChI=1S/C21H31N3O.2ClH/c1-14(24-10-9-15-5-2-3-8-19(15)24)13-23-21(25)18-11-16-6-4-7-17(12-18)20(16)22;;/h2-3,5,8,14,16-18,20H,4,6-7,9-13,22H2,1H3,(H,23,25);2*1H. The zero-order chi connectivity index (χ0) is 17.4. The van der Waals surface area contributed by atoms with E-state index in [4.69, 9.17) is 5.73 Å². The van der Waals surface area contributed by atoms with E-state index in [1.54, 1.807) is 0 Å². The third-order valence-electron chi connectivity index (χ3n) is 6.81. The van der Waals surface area contributed by atoms with Crippen molar-refractivity contribution in [3.05, 3.63) is 29.8 Å². The Morgan fingerprint density at radius 2 is 1.89 bits per heavy atom. The van der Waals surface area contributed by atoms with E-state index in [1.165, 1.54) is 30.5 Å². The Morgan fingerprint density at radius 3 is 2.59 bits per heavy atom. The molecule has 1 aromatic carbocycles. The Balaban J connectivity index is 0.00000131. The van der Waals surface area contributed by atoms with E-state index in [9.17, 15) is 4.79 Å². The van der Waals surface area contributed by atoms with Crippen molar-refractivity contribution >= 4 is 36.4 Å². The van der Waals surface area contributed by atoms with Crippen LogP contribution in [0.15, 0.2) is 24.3 Å². The summed E-state index contributed by atoms with van der Waals surface area (Å²) in [6.45, 7) is 4.00. The lowest BCUT2D eigenvalue weighted by Gasteiger charge is -2.43. The molecule has 3 aliphatic rings. The minimum Gasteiger partial charge on any atom is -0.366 e. The molecule has 4 rings (SSSR count). The van der Waals surface area contributed by atoms with Gasteiger partial charge in [0.05, 0.1) is 0 Å². The summed E-state index contributed by atoms with van der Waals surface area (Å²) in [5.41, 5.74) is 9.12. The summed E-state index contributed by atoms with van der Waals surface area (Å²) in [6, 6.07) is 9.29. The van der Waals surface area contributed by atoms with Crippen LogP contribution in [0.2, 0.25) is 0 Å². The smallest absolute Gasteiger partial charge is 0.223 e. The van der Waals surface area contributed by atoms with Crippen molar-refractivity contribution in [2.45, 2.75) is 57.5 Å². The Labute approximate surface area is 175 Å². The first-order valence-corrected chi connectivity index (χ1v) is 10.0. The number of carbonyl (C=O) groups excluding carboxylic acids is 1. The Hall–Kier alpha value is -0.970. The average Bonchev–Trinajstić information content (AvgIpc) is 3.03. The van der Waals surface area contributed by atoms with E-state index in [0.29, 0.717) is 23.9 Å². The number of carbonyl (C=O) groups is 1. The molecule has 27 heavy (non-hydrogen) atoms. The number of nitrogens with one attached hydrogen (secondary N) is 1. The quantitative estimate of drug-likeness (QED) is 0.792. The van der Waals surface area contributed by atoms with Gasteiger partial charge in [0, 0.05) is 36.8 Å². The van der Waals surface area contributed by atoms with Crippen LogP contribution >= 0.6 is 24.8 Å². The number of nitrogens with zero attached hydrogens (tertiary/aromatic N) is 1. The summed E-state index contributed by atoms with van der Waals surface area (Å²) in [5, 5.41) is 3.24. The highest BCUT2D eigenvalue weighted by Gasteiger charge is 2.40. The molecule has 2 fully saturated rings. The highest BCUT2D eigenvalue weighted by atomic mass is 35.5. The summed E-state index contributed by atoms with van der Waals surface area (Å²) in [5.74, 6) is 1.55. The van der Waals surface area contributed by atoms with Gasteiger partial charge in [-0.25, -0.2) is 0 Å². The number of hydrogen-bond acceptors (Lipinski definition) is 3. The molecule has 1 aliphatic heterocycles. The summed E-state index contributed by atoms with van der Waals surface area (Å²) in [6.07, 6.45) is 6.81. The normalized spacial score (nSPS) is 29.8. The zero-order valence-electron chi connectivity index (χ0n) is 16.1. The number of rotatable bonds is 4. The molecule has 1 heterocycles. The molecule has 152 valence electrons. The van der Waals surface area contributed by atoms with Crippen molar-refractivity contribution in [1.82, 2.24) is 5.32 Å². The topological polar surface area (TPSA) is 58.4 Å². The second-order valence-corrected chi connectivity index (χ2v) is 8.36. The van der Waals surface area contributed by atoms with E-state index < -0.39 is 0 Å². The van der Waals surface area contributed by atoms with Gasteiger partial charge in [0.15, 0.2) is 0 Å². The van der Waals surface area contributed by atoms with Crippen molar-refractivity contribution in [1.29, 1.82) is 0 Å². The molecular weight excluding hydrogens is 381 g/mol. The van der Waals surface area contributed by atoms with Crippen LogP contribution in [0, 0.1) is 17.8 Å². The van der Waals surface area contributed by atoms with Crippen molar-refractivity contribution in [3.8, 4) is 0 Å². The van der Waals surface area contributed by atoms with Gasteiger partial charge in [0.2, 0.25) is 5.91 Å². The lowest BCUT2D eigenvalue weighted by molar-refractivity contribution is -0.127. The highest BCUT2D eigenvalue weighted by Crippen LogP contribution is 2.41. The number of para-hydroxylation sites is 1. The Kier molecular flexibility index (Phi) is 7.84. The van der Waals surface area contributed by atoms with Gasteiger partial charge in [-0.2, -0.15) is 0 Å². The maximum atomic E-state index is 12.7. The third-order valence-corrected chi connectivity index (χ3v) is 6.81. The summed E-state index contributed by atoms with van der Waals surface area (Å²) in [4.78, 5) is 15.2. The molecule has 1 aromatic rings. The van der Waals surface area contributed by atoms with Crippen LogP contribution in [0.5, 0.6) is 0 Å². The summed E-state index contributed by atoms with van der Waals surface area (Å²) >= 11 is 0. The summed E-state index contributed by atoms with van der Waals surface area (Å²) < 4.78 is 0. The zero-order valence-corrected chi connectivity index (χ0v) is 17.7. The molecule has 3 atom stereocenters. The van der Waals surface area contributed by atoms with Gasteiger partial charge < -0.3 is 16.0 Å². The molecule has 3 unspecified atom stereocenters. The fourth-order valence-corrected chi connectivity index (χ4v) is 5.33. The number of hydrogen-bond donors (Lipinski definition) is 2. The molecule has 3 N–H and O–H groups in total. The van der Waals surface area contributed by atoms with Gasteiger partial charge in [-0.05, 0) is 62.5 Å². The molecule has 2 saturated carbocycles. The lowest BCUT2D eigenvalue weighted by atomic mass is 9.65. The maximum absolute atomic E-state index is 12.7. The SMILES string of the molecule is CC(CNC(=O)C1CC2CCCC(C1)C2N)N1CCc2ccccc21.Cl.Cl. The lowest BCUT2D eigenvalue weighted by Crippen LogP contribution is -2.50. The van der Waals surface area contributed by atoms with E-state index in [0.717, 1.165) is 32.4 Å². The van der Waals surface area contributed by atoms with Gasteiger partial charge in [0.25, 0.3) is 0 Å². The van der Waals surface area contributed by atoms with Crippen LogP contribution in [-0.2, 0) is 11.2 Å². The molecule has 0 saturated heterocycles. The first-order chi connectivity index (χ1) is 12.1. The molecular formula is C21H33Cl2N3O. The first-order valence-electron chi connectivity index (χ1n) is 10.0. The number of benzene rings is 1. The van der Waals surface area contributed by atoms with Crippen LogP contribution in [-0.4, -0.2) is 31.1 Å². The second-order valence-electron chi connectivity index (χ2n) is 8.36. The van der Waals surface area contributed by atoms with Crippen molar-refractivity contribution in [3.63, 3.8) is 0 Å². The fourth-order valence-electron chi connectivity index (χ4n) is 5.33. The third kappa shape index (κ3) is 4.55. The van der Waals surface area contributed by atoms with Crippen molar-refractivity contribution in [2.75, 3.05) is 18.0 Å². The highest BCUT2D eigenvalue weighted by molar-refractivity contribution is 5.85. The van der Waals surface area contributed by atoms with E-state index in [-0.39, 0.29) is 36.6 Å². The molecule has 2 bridgehead atoms. The van der Waals surface area contributed by atoms with E-state index >= 15 is 0 Å². The van der Waals surface area contributed by atoms with Crippen molar-refractivity contribution < 1.29 is 4.79 Å². The van der Waals surface area contributed by atoms with Crippen molar-refractivity contribution in [2.24, 2.45) is 23.5 Å². The Bertz CT molecular complexity index is 628. The minimum atomic E-state index is 0. The van der Waals surface area contributed by atoms with E-state index in [2.05, 4.69) is 41.4 Å². The number of amides is 1. The molecule has 0 radical (unpaired) electrons. The second kappa shape index (κ2) is 9.49. The van der Waals surface area contributed by atoms with Gasteiger partial charge in [0.1, 0.15) is 0 Å². The van der Waals surface area contributed by atoms with Crippen LogP contribution in [0.1, 0.15) is 44.6 Å². The molecule has 2 aliphatic carbocycles. The summed E-state index contributed by atoms with van der Waals surface area (Å²) in [7, 11) is 0. The number of anilines is 1. The molecule has 1 amide bonds. The van der Waals surface area contributed by atoms with Gasteiger partial charge in [-0.3, -0.25) is 4.79 Å². The largest absolute Gasteiger partial charge is 0.366 e. The Morgan fingerprint density at radius 1 is 1.22 bits per heavy atom. The first kappa shape index (κ1) is 22.3. The van der Waals surface area contributed by atoms with Gasteiger partial charge in [-0.1, -0.05) is 24.6 Å². The maximum Gasteiger partial charge on any atom is 0.223 e. The van der Waals surface area contributed by atoms with Crippen LogP contribution in [0.4, 0.5) is 5.69 Å². The number of halogens is 2. The monoisotopic (exact) mass is 413 g/mol. The average molecular weight is 414 g/mol. The fraction of sp³-hybridized carbons (Fsp3) is 0.667. The predicted molar refractivity (Wildman–Crippen MR) is 116 cm³/mol. The van der Waals surface area contributed by atoms with E-state index in [1.807, 2.05) is 0 Å². The van der Waals surface area contributed by atoms with Crippen LogP contribution < -0.4 is 16.0 Å². The van der Waals surface area contributed by atoms with Gasteiger partial charge in [-0.15, -0.1) is 24.8 Å². The van der Waals surface area contributed by atoms with Gasteiger partial charge >= 0.3 is 0 Å². The van der Waals surface area contributed by atoms with Crippen LogP contribution in [0.3, 0.4) is 0 Å². The minimum absolute atomic E-state index is 0.